The SMILES string of the molecule is CO[Si](CCCSCCCCc1ccnc(-c2cc(C)ccn2)c1)(OC)OC. The van der Waals surface area contributed by atoms with Crippen molar-refractivity contribution in [3.63, 3.8) is 0 Å². The van der Waals surface area contributed by atoms with Crippen molar-refractivity contribution in [2.75, 3.05) is 32.8 Å². The highest BCUT2D eigenvalue weighted by Crippen LogP contribution is 2.19. The van der Waals surface area contributed by atoms with Crippen molar-refractivity contribution >= 4 is 20.6 Å². The summed E-state index contributed by atoms with van der Waals surface area (Å²) in [5.74, 6) is 2.29. The number of pyridine rings is 2. The summed E-state index contributed by atoms with van der Waals surface area (Å²) in [5, 5.41) is 0. The predicted molar refractivity (Wildman–Crippen MR) is 119 cm³/mol. The van der Waals surface area contributed by atoms with Crippen molar-refractivity contribution in [2.24, 2.45) is 0 Å². The van der Waals surface area contributed by atoms with E-state index < -0.39 is 8.80 Å². The maximum absolute atomic E-state index is 5.45. The van der Waals surface area contributed by atoms with Gasteiger partial charge in [0.15, 0.2) is 0 Å². The van der Waals surface area contributed by atoms with E-state index in [1.165, 1.54) is 29.7 Å². The van der Waals surface area contributed by atoms with Crippen LogP contribution in [0, 0.1) is 6.92 Å². The minimum absolute atomic E-state index is 0.871. The molecule has 0 saturated carbocycles. The Morgan fingerprint density at radius 1 is 0.857 bits per heavy atom. The highest BCUT2D eigenvalue weighted by atomic mass is 32.2. The van der Waals surface area contributed by atoms with E-state index >= 15 is 0 Å². The van der Waals surface area contributed by atoms with Gasteiger partial charge in [-0.25, -0.2) is 0 Å². The van der Waals surface area contributed by atoms with Crippen LogP contribution in [0.2, 0.25) is 6.04 Å². The number of rotatable bonds is 13. The van der Waals surface area contributed by atoms with Crippen molar-refractivity contribution in [2.45, 2.75) is 38.7 Å². The van der Waals surface area contributed by atoms with Crippen LogP contribution in [0.3, 0.4) is 0 Å². The van der Waals surface area contributed by atoms with Crippen LogP contribution >= 0.6 is 11.8 Å². The van der Waals surface area contributed by atoms with Crippen LogP contribution in [0.25, 0.3) is 11.4 Å². The summed E-state index contributed by atoms with van der Waals surface area (Å²) in [6, 6.07) is 9.23. The Morgan fingerprint density at radius 2 is 1.50 bits per heavy atom. The topological polar surface area (TPSA) is 53.5 Å². The van der Waals surface area contributed by atoms with Gasteiger partial charge in [-0.2, -0.15) is 11.8 Å². The van der Waals surface area contributed by atoms with Crippen LogP contribution in [0.5, 0.6) is 0 Å². The molecule has 2 rings (SSSR count). The lowest BCUT2D eigenvalue weighted by Crippen LogP contribution is -2.42. The normalized spacial score (nSPS) is 11.7. The van der Waals surface area contributed by atoms with Crippen molar-refractivity contribution in [3.8, 4) is 11.4 Å². The summed E-state index contributed by atoms with van der Waals surface area (Å²) in [4.78, 5) is 8.91. The van der Waals surface area contributed by atoms with Gasteiger partial charge in [-0.15, -0.1) is 0 Å². The summed E-state index contributed by atoms with van der Waals surface area (Å²) in [6.45, 7) is 2.08. The van der Waals surface area contributed by atoms with E-state index in [4.69, 9.17) is 13.3 Å². The van der Waals surface area contributed by atoms with Gasteiger partial charge in [0.05, 0.1) is 11.4 Å². The lowest BCUT2D eigenvalue weighted by molar-refractivity contribution is 0.123. The standard InChI is InChI=1S/C21H32N2O3SSi/c1-18-9-11-22-20(16-18)21-17-19(10-12-23-21)8-5-6-13-27-14-7-15-28(24-2,25-3)26-4/h9-12,16-17H,5-8,13-15H2,1-4H3. The largest absolute Gasteiger partial charge is 0.500 e. The molecule has 0 spiro atoms. The molecule has 0 unspecified atom stereocenters. The number of hydrogen-bond donors (Lipinski definition) is 0. The first-order valence-corrected chi connectivity index (χ1v) is 12.8. The predicted octanol–water partition coefficient (Wildman–Crippen LogP) is 4.78. The van der Waals surface area contributed by atoms with Gasteiger partial charge < -0.3 is 13.3 Å². The zero-order chi connectivity index (χ0) is 20.2. The third kappa shape index (κ3) is 7.29. The molecule has 0 aliphatic heterocycles. The molecule has 154 valence electrons. The third-order valence-corrected chi connectivity index (χ3v) is 8.70. The molecule has 0 fully saturated rings. The monoisotopic (exact) mass is 420 g/mol. The van der Waals surface area contributed by atoms with Gasteiger partial charge in [-0.05, 0) is 79.5 Å². The summed E-state index contributed by atoms with van der Waals surface area (Å²) >= 11 is 2.00. The molecule has 2 aromatic heterocycles. The first-order chi connectivity index (χ1) is 13.6. The molecular weight excluding hydrogens is 388 g/mol. The van der Waals surface area contributed by atoms with Gasteiger partial charge in [-0.3, -0.25) is 9.97 Å². The highest BCUT2D eigenvalue weighted by molar-refractivity contribution is 7.99. The number of aromatic nitrogens is 2. The Kier molecular flexibility index (Phi) is 10.1. The zero-order valence-corrected chi connectivity index (χ0v) is 19.3. The van der Waals surface area contributed by atoms with Crippen LogP contribution in [-0.4, -0.2) is 51.6 Å². The van der Waals surface area contributed by atoms with E-state index in [0.717, 1.165) is 36.0 Å². The molecule has 0 amide bonds. The van der Waals surface area contributed by atoms with Gasteiger partial charge in [0.25, 0.3) is 0 Å². The third-order valence-electron chi connectivity index (χ3n) is 4.71. The Bertz CT molecular complexity index is 705. The molecule has 0 bridgehead atoms. The van der Waals surface area contributed by atoms with Crippen LogP contribution in [-0.2, 0) is 19.7 Å². The molecule has 28 heavy (non-hydrogen) atoms. The zero-order valence-electron chi connectivity index (χ0n) is 17.4. The maximum Gasteiger partial charge on any atom is 0.500 e. The molecule has 2 aromatic rings. The molecule has 0 aromatic carbocycles. The van der Waals surface area contributed by atoms with E-state index in [-0.39, 0.29) is 0 Å². The molecule has 0 N–H and O–H groups in total. The second-order valence-electron chi connectivity index (χ2n) is 6.74. The Morgan fingerprint density at radius 3 is 2.18 bits per heavy atom. The smallest absolute Gasteiger partial charge is 0.377 e. The summed E-state index contributed by atoms with van der Waals surface area (Å²) in [5.41, 5.74) is 4.43. The second-order valence-corrected chi connectivity index (χ2v) is 11.1. The van der Waals surface area contributed by atoms with Gasteiger partial charge in [0.2, 0.25) is 0 Å². The minimum Gasteiger partial charge on any atom is -0.377 e. The van der Waals surface area contributed by atoms with Crippen molar-refractivity contribution in [1.29, 1.82) is 0 Å². The maximum atomic E-state index is 5.45. The van der Waals surface area contributed by atoms with E-state index in [1.54, 1.807) is 21.3 Å². The fraction of sp³-hybridized carbons (Fsp3) is 0.524. The molecule has 0 aliphatic rings. The van der Waals surface area contributed by atoms with E-state index in [0.29, 0.717) is 0 Å². The highest BCUT2D eigenvalue weighted by Gasteiger charge is 2.36. The fourth-order valence-electron chi connectivity index (χ4n) is 3.03. The first kappa shape index (κ1) is 23.0. The number of thioether (sulfide) groups is 1. The number of hydrogen-bond acceptors (Lipinski definition) is 6. The van der Waals surface area contributed by atoms with Crippen molar-refractivity contribution in [3.05, 3.63) is 47.8 Å². The Balaban J connectivity index is 1.66. The molecule has 5 nitrogen and oxygen atoms in total. The average molecular weight is 421 g/mol. The molecule has 0 saturated heterocycles. The molecular formula is C21H32N2O3SSi. The second kappa shape index (κ2) is 12.3. The fourth-order valence-corrected chi connectivity index (χ4v) is 5.97. The average Bonchev–Trinajstić information content (AvgIpc) is 2.73. The number of aryl methyl sites for hydroxylation is 2. The minimum atomic E-state index is -2.40. The van der Waals surface area contributed by atoms with Crippen LogP contribution in [0.15, 0.2) is 36.7 Å². The number of nitrogens with zero attached hydrogens (tertiary/aromatic N) is 2. The lowest BCUT2D eigenvalue weighted by Gasteiger charge is -2.24. The molecule has 7 heteroatoms. The van der Waals surface area contributed by atoms with Gasteiger partial charge in [0.1, 0.15) is 0 Å². The van der Waals surface area contributed by atoms with Crippen LogP contribution in [0.1, 0.15) is 30.4 Å². The number of unbranched alkanes of at least 4 members (excludes halogenated alkanes) is 1. The summed E-state index contributed by atoms with van der Waals surface area (Å²) in [7, 11) is 2.62. The van der Waals surface area contributed by atoms with Gasteiger partial charge in [-0.1, -0.05) is 0 Å². The molecule has 0 atom stereocenters. The summed E-state index contributed by atoms with van der Waals surface area (Å²) < 4.78 is 16.4. The van der Waals surface area contributed by atoms with Gasteiger partial charge >= 0.3 is 8.80 Å². The van der Waals surface area contributed by atoms with E-state index in [2.05, 4.69) is 35.1 Å². The van der Waals surface area contributed by atoms with Crippen LogP contribution in [0.4, 0.5) is 0 Å². The van der Waals surface area contributed by atoms with E-state index in [9.17, 15) is 0 Å². The van der Waals surface area contributed by atoms with Crippen molar-refractivity contribution < 1.29 is 13.3 Å². The van der Waals surface area contributed by atoms with Gasteiger partial charge in [0, 0.05) is 39.8 Å². The Hall–Kier alpha value is -1.25. The Labute approximate surface area is 174 Å². The molecule has 0 radical (unpaired) electrons. The molecule has 0 aliphatic carbocycles. The van der Waals surface area contributed by atoms with E-state index in [1.807, 2.05) is 30.2 Å². The van der Waals surface area contributed by atoms with Crippen LogP contribution < -0.4 is 0 Å². The lowest BCUT2D eigenvalue weighted by atomic mass is 10.1. The van der Waals surface area contributed by atoms with Crippen molar-refractivity contribution in [1.82, 2.24) is 9.97 Å². The summed E-state index contributed by atoms with van der Waals surface area (Å²) in [6.07, 6.45) is 8.27. The molecule has 2 heterocycles. The first-order valence-electron chi connectivity index (χ1n) is 9.73. The quantitative estimate of drug-likeness (QED) is 0.343.